The van der Waals surface area contributed by atoms with Crippen LogP contribution in [0.3, 0.4) is 0 Å². The van der Waals surface area contributed by atoms with Crippen LogP contribution in [-0.2, 0) is 0 Å². The minimum Gasteiger partial charge on any atom is -0.120 e. The van der Waals surface area contributed by atoms with Gasteiger partial charge in [-0.05, 0) is 25.2 Å². The molecule has 0 aliphatic rings. The minimum atomic E-state index is 0.796. The standard InChI is InChI=1S/C13H15/c1-4-7-10-13(11-8-5-2)12-9-6-3/h1-3H,7-12H2. The summed E-state index contributed by atoms with van der Waals surface area (Å²) in [6.45, 7) is 0. The van der Waals surface area contributed by atoms with E-state index >= 15 is 0 Å². The summed E-state index contributed by atoms with van der Waals surface area (Å²) in [6.07, 6.45) is 20.9. The quantitative estimate of drug-likeness (QED) is 0.539. The summed E-state index contributed by atoms with van der Waals surface area (Å²) >= 11 is 0. The highest BCUT2D eigenvalue weighted by Crippen LogP contribution is 2.20. The highest BCUT2D eigenvalue weighted by atomic mass is 14.1. The lowest BCUT2D eigenvalue weighted by Crippen LogP contribution is -1.96. The van der Waals surface area contributed by atoms with Crippen LogP contribution in [0.2, 0.25) is 0 Å². The van der Waals surface area contributed by atoms with E-state index in [1.807, 2.05) is 0 Å². The Balaban J connectivity index is 3.70. The normalized spacial score (nSPS) is 8.77. The lowest BCUT2D eigenvalue weighted by Gasteiger charge is -2.11. The van der Waals surface area contributed by atoms with Gasteiger partial charge in [-0.15, -0.1) is 37.0 Å². The molecule has 0 aliphatic heterocycles. The van der Waals surface area contributed by atoms with Crippen molar-refractivity contribution in [3.8, 4) is 37.0 Å². The van der Waals surface area contributed by atoms with E-state index < -0.39 is 0 Å². The average molecular weight is 171 g/mol. The first kappa shape index (κ1) is 11.7. The van der Waals surface area contributed by atoms with Crippen molar-refractivity contribution >= 4 is 0 Å². The number of rotatable bonds is 6. The minimum absolute atomic E-state index is 0.796. The van der Waals surface area contributed by atoms with Crippen molar-refractivity contribution < 1.29 is 0 Å². The number of terminal acetylenes is 3. The van der Waals surface area contributed by atoms with Gasteiger partial charge in [-0.3, -0.25) is 0 Å². The summed E-state index contributed by atoms with van der Waals surface area (Å²) < 4.78 is 0. The van der Waals surface area contributed by atoms with E-state index in [1.54, 1.807) is 0 Å². The first-order chi connectivity index (χ1) is 6.35. The van der Waals surface area contributed by atoms with Crippen LogP contribution in [0, 0.1) is 42.9 Å². The third kappa shape index (κ3) is 7.05. The maximum atomic E-state index is 5.19. The Labute approximate surface area is 82.1 Å². The molecule has 0 aromatic rings. The van der Waals surface area contributed by atoms with E-state index in [9.17, 15) is 0 Å². The summed E-state index contributed by atoms with van der Waals surface area (Å²) in [7, 11) is 0. The predicted molar refractivity (Wildman–Crippen MR) is 57.4 cm³/mol. The molecule has 0 heteroatoms. The van der Waals surface area contributed by atoms with Gasteiger partial charge in [0, 0.05) is 19.3 Å². The summed E-state index contributed by atoms with van der Waals surface area (Å²) in [6, 6.07) is 0. The monoisotopic (exact) mass is 171 g/mol. The number of hydrogen-bond donors (Lipinski definition) is 0. The van der Waals surface area contributed by atoms with Crippen LogP contribution in [0.15, 0.2) is 0 Å². The molecule has 0 nitrogen and oxygen atoms in total. The van der Waals surface area contributed by atoms with Crippen LogP contribution in [0.5, 0.6) is 0 Å². The van der Waals surface area contributed by atoms with Crippen LogP contribution in [0.4, 0.5) is 0 Å². The summed E-state index contributed by atoms with van der Waals surface area (Å²) in [5.41, 5.74) is 0. The molecule has 0 saturated carbocycles. The predicted octanol–water partition coefficient (Wildman–Crippen LogP) is 2.80. The van der Waals surface area contributed by atoms with E-state index in [0.29, 0.717) is 0 Å². The van der Waals surface area contributed by atoms with Gasteiger partial charge in [0.1, 0.15) is 0 Å². The Bertz CT molecular complexity index is 185. The molecule has 0 atom stereocenters. The Hall–Kier alpha value is -1.32. The molecule has 0 bridgehead atoms. The third-order valence-electron chi connectivity index (χ3n) is 1.87. The van der Waals surface area contributed by atoms with Crippen molar-refractivity contribution in [2.75, 3.05) is 0 Å². The molecule has 0 saturated heterocycles. The Kier molecular flexibility index (Phi) is 7.88. The fourth-order valence-corrected chi connectivity index (χ4v) is 1.12. The van der Waals surface area contributed by atoms with E-state index in [1.165, 1.54) is 5.92 Å². The fourth-order valence-electron chi connectivity index (χ4n) is 1.12. The Morgan fingerprint density at radius 2 is 1.00 bits per heavy atom. The second-order valence-electron chi connectivity index (χ2n) is 2.86. The molecule has 67 valence electrons. The maximum Gasteiger partial charge on any atom is 0.00915 e. The SMILES string of the molecule is C#CCC[C](CCC#C)CCC#C. The lowest BCUT2D eigenvalue weighted by atomic mass is 9.93. The van der Waals surface area contributed by atoms with Crippen molar-refractivity contribution in [3.05, 3.63) is 5.92 Å². The average Bonchev–Trinajstić information content (AvgIpc) is 2.17. The molecule has 0 aromatic heterocycles. The van der Waals surface area contributed by atoms with E-state index in [0.717, 1.165) is 38.5 Å². The highest BCUT2D eigenvalue weighted by Gasteiger charge is 2.06. The van der Waals surface area contributed by atoms with Crippen molar-refractivity contribution in [2.24, 2.45) is 0 Å². The molecule has 0 rings (SSSR count). The second kappa shape index (κ2) is 8.77. The molecule has 1 radical (unpaired) electrons. The molecule has 0 spiro atoms. The molecule has 0 unspecified atom stereocenters. The van der Waals surface area contributed by atoms with Crippen molar-refractivity contribution in [1.82, 2.24) is 0 Å². The first-order valence-corrected chi connectivity index (χ1v) is 4.49. The van der Waals surface area contributed by atoms with Crippen LogP contribution < -0.4 is 0 Å². The van der Waals surface area contributed by atoms with Gasteiger partial charge in [0.25, 0.3) is 0 Å². The Morgan fingerprint density at radius 1 is 0.692 bits per heavy atom. The zero-order valence-electron chi connectivity index (χ0n) is 7.97. The maximum absolute atomic E-state index is 5.19. The van der Waals surface area contributed by atoms with Crippen molar-refractivity contribution in [2.45, 2.75) is 38.5 Å². The van der Waals surface area contributed by atoms with Crippen LogP contribution in [-0.4, -0.2) is 0 Å². The van der Waals surface area contributed by atoms with Gasteiger partial charge < -0.3 is 0 Å². The summed E-state index contributed by atoms with van der Waals surface area (Å²) in [4.78, 5) is 0. The first-order valence-electron chi connectivity index (χ1n) is 4.49. The van der Waals surface area contributed by atoms with Gasteiger partial charge in [0.2, 0.25) is 0 Å². The number of hydrogen-bond acceptors (Lipinski definition) is 0. The molecule has 0 aromatic carbocycles. The zero-order chi connectivity index (χ0) is 9.94. The molecule has 13 heavy (non-hydrogen) atoms. The molecular weight excluding hydrogens is 156 g/mol. The van der Waals surface area contributed by atoms with Crippen molar-refractivity contribution in [3.63, 3.8) is 0 Å². The molecule has 0 heterocycles. The molecular formula is C13H15. The molecule has 0 N–H and O–H groups in total. The molecule has 0 fully saturated rings. The molecule has 0 amide bonds. The van der Waals surface area contributed by atoms with Gasteiger partial charge in [-0.25, -0.2) is 0 Å². The van der Waals surface area contributed by atoms with Gasteiger partial charge >= 0.3 is 0 Å². The van der Waals surface area contributed by atoms with Gasteiger partial charge in [-0.1, -0.05) is 0 Å². The lowest BCUT2D eigenvalue weighted by molar-refractivity contribution is 0.674. The molecule has 0 aliphatic carbocycles. The van der Waals surface area contributed by atoms with Crippen molar-refractivity contribution in [1.29, 1.82) is 0 Å². The van der Waals surface area contributed by atoms with E-state index in [4.69, 9.17) is 19.3 Å². The zero-order valence-corrected chi connectivity index (χ0v) is 7.97. The van der Waals surface area contributed by atoms with E-state index in [-0.39, 0.29) is 0 Å². The summed E-state index contributed by atoms with van der Waals surface area (Å²) in [5.74, 6) is 9.29. The van der Waals surface area contributed by atoms with Crippen LogP contribution >= 0.6 is 0 Å². The third-order valence-corrected chi connectivity index (χ3v) is 1.87. The smallest absolute Gasteiger partial charge is 0.00915 e. The van der Waals surface area contributed by atoms with Gasteiger partial charge in [0.15, 0.2) is 0 Å². The fraction of sp³-hybridized carbons (Fsp3) is 0.462. The largest absolute Gasteiger partial charge is 0.120 e. The topological polar surface area (TPSA) is 0 Å². The van der Waals surface area contributed by atoms with E-state index in [2.05, 4.69) is 17.8 Å². The second-order valence-corrected chi connectivity index (χ2v) is 2.86. The highest BCUT2D eigenvalue weighted by molar-refractivity contribution is 5.01. The van der Waals surface area contributed by atoms with Gasteiger partial charge in [0.05, 0.1) is 0 Å². The van der Waals surface area contributed by atoms with Crippen LogP contribution in [0.1, 0.15) is 38.5 Å². The van der Waals surface area contributed by atoms with Gasteiger partial charge in [-0.2, -0.15) is 0 Å². The summed E-state index contributed by atoms with van der Waals surface area (Å²) in [5, 5.41) is 0. The Morgan fingerprint density at radius 3 is 1.23 bits per heavy atom. The van der Waals surface area contributed by atoms with Crippen LogP contribution in [0.25, 0.3) is 0 Å².